The van der Waals surface area contributed by atoms with Gasteiger partial charge >= 0.3 is 6.03 Å². The van der Waals surface area contributed by atoms with Crippen LogP contribution in [0.3, 0.4) is 0 Å². The fourth-order valence-electron chi connectivity index (χ4n) is 2.31. The molecule has 3 amide bonds. The molecule has 3 N–H and O–H groups in total. The maximum Gasteiger partial charge on any atom is 0.323 e. The number of rotatable bonds is 5. The van der Waals surface area contributed by atoms with Crippen LogP contribution in [-0.4, -0.2) is 23.8 Å². The lowest BCUT2D eigenvalue weighted by Crippen LogP contribution is -2.25. The summed E-state index contributed by atoms with van der Waals surface area (Å²) in [6.45, 7) is 1.47. The highest BCUT2D eigenvalue weighted by atomic mass is 16.2. The average Bonchev–Trinajstić information content (AvgIpc) is 3.39. The molecule has 2 aromatic rings. The summed E-state index contributed by atoms with van der Waals surface area (Å²) in [4.78, 5) is 35.3. The van der Waals surface area contributed by atoms with Gasteiger partial charge in [0.2, 0.25) is 0 Å². The molecule has 0 bridgehead atoms. The third-order valence-corrected chi connectivity index (χ3v) is 3.84. The molecule has 0 heterocycles. The van der Waals surface area contributed by atoms with E-state index in [0.29, 0.717) is 28.5 Å². The fraction of sp³-hybridized carbons (Fsp3) is 0.211. The van der Waals surface area contributed by atoms with Crippen molar-refractivity contribution in [3.8, 4) is 0 Å². The van der Waals surface area contributed by atoms with Gasteiger partial charge in [-0.3, -0.25) is 9.59 Å². The molecule has 0 aliphatic heterocycles. The van der Waals surface area contributed by atoms with E-state index in [1.165, 1.54) is 6.92 Å². The molecule has 1 saturated carbocycles. The molecular formula is C19H19N3O3. The second kappa shape index (κ2) is 7.17. The van der Waals surface area contributed by atoms with Gasteiger partial charge in [0.05, 0.1) is 0 Å². The van der Waals surface area contributed by atoms with E-state index in [4.69, 9.17) is 0 Å². The standard InChI is InChI=1S/C19H19N3O3/c1-12(23)14-3-2-4-17(11-14)22-19(25)21-16-7-5-13(6-8-16)18(24)20-15-9-10-15/h2-8,11,15H,9-10H2,1H3,(H,20,24)(H2,21,22,25). The quantitative estimate of drug-likeness (QED) is 0.731. The Labute approximate surface area is 145 Å². The van der Waals surface area contributed by atoms with Crippen molar-refractivity contribution in [1.29, 1.82) is 0 Å². The SMILES string of the molecule is CC(=O)c1cccc(NC(=O)Nc2ccc(C(=O)NC3CC3)cc2)c1. The van der Waals surface area contributed by atoms with Crippen LogP contribution in [0.4, 0.5) is 16.2 Å². The number of anilines is 2. The topological polar surface area (TPSA) is 87.3 Å². The summed E-state index contributed by atoms with van der Waals surface area (Å²) in [6, 6.07) is 13.3. The van der Waals surface area contributed by atoms with Crippen molar-refractivity contribution in [1.82, 2.24) is 5.32 Å². The lowest BCUT2D eigenvalue weighted by atomic mass is 10.1. The van der Waals surface area contributed by atoms with E-state index >= 15 is 0 Å². The van der Waals surface area contributed by atoms with Crippen molar-refractivity contribution in [2.75, 3.05) is 10.6 Å². The molecule has 128 valence electrons. The minimum atomic E-state index is -0.420. The number of benzene rings is 2. The molecule has 0 spiro atoms. The van der Waals surface area contributed by atoms with Gasteiger partial charge in [-0.1, -0.05) is 12.1 Å². The number of hydrogen-bond donors (Lipinski definition) is 3. The molecule has 3 rings (SSSR count). The highest BCUT2D eigenvalue weighted by Crippen LogP contribution is 2.20. The van der Waals surface area contributed by atoms with E-state index in [0.717, 1.165) is 12.8 Å². The first-order valence-corrected chi connectivity index (χ1v) is 8.11. The molecule has 2 aromatic carbocycles. The van der Waals surface area contributed by atoms with Crippen LogP contribution >= 0.6 is 0 Å². The van der Waals surface area contributed by atoms with Crippen LogP contribution in [0.5, 0.6) is 0 Å². The van der Waals surface area contributed by atoms with E-state index in [1.807, 2.05) is 0 Å². The number of nitrogens with one attached hydrogen (secondary N) is 3. The number of amides is 3. The molecule has 6 nitrogen and oxygen atoms in total. The van der Waals surface area contributed by atoms with Gasteiger partial charge in [0.15, 0.2) is 5.78 Å². The normalized spacial score (nSPS) is 13.0. The summed E-state index contributed by atoms with van der Waals surface area (Å²) in [5.74, 6) is -0.163. The van der Waals surface area contributed by atoms with Gasteiger partial charge < -0.3 is 16.0 Å². The zero-order chi connectivity index (χ0) is 17.8. The number of hydrogen-bond acceptors (Lipinski definition) is 3. The Balaban J connectivity index is 1.58. The first kappa shape index (κ1) is 16.7. The molecule has 0 aromatic heterocycles. The second-order valence-corrected chi connectivity index (χ2v) is 6.04. The number of urea groups is 1. The summed E-state index contributed by atoms with van der Waals surface area (Å²) < 4.78 is 0. The van der Waals surface area contributed by atoms with E-state index in [9.17, 15) is 14.4 Å². The summed E-state index contributed by atoms with van der Waals surface area (Å²) >= 11 is 0. The molecule has 0 radical (unpaired) electrons. The second-order valence-electron chi connectivity index (χ2n) is 6.04. The van der Waals surface area contributed by atoms with Crippen molar-refractivity contribution >= 4 is 29.1 Å². The lowest BCUT2D eigenvalue weighted by molar-refractivity contribution is 0.0950. The maximum atomic E-state index is 12.0. The van der Waals surface area contributed by atoms with Crippen LogP contribution in [0.25, 0.3) is 0 Å². The smallest absolute Gasteiger partial charge is 0.323 e. The van der Waals surface area contributed by atoms with Crippen LogP contribution in [-0.2, 0) is 0 Å². The first-order valence-electron chi connectivity index (χ1n) is 8.11. The zero-order valence-corrected chi connectivity index (χ0v) is 13.8. The molecule has 6 heteroatoms. The van der Waals surface area contributed by atoms with Crippen molar-refractivity contribution in [2.24, 2.45) is 0 Å². The molecule has 1 aliphatic carbocycles. The van der Waals surface area contributed by atoms with Gasteiger partial charge in [-0.15, -0.1) is 0 Å². The molecule has 0 unspecified atom stereocenters. The molecule has 1 fully saturated rings. The molecular weight excluding hydrogens is 318 g/mol. The Morgan fingerprint density at radius 1 is 0.880 bits per heavy atom. The Morgan fingerprint density at radius 2 is 1.56 bits per heavy atom. The van der Waals surface area contributed by atoms with E-state index in [-0.39, 0.29) is 11.7 Å². The Bertz CT molecular complexity index is 811. The predicted molar refractivity (Wildman–Crippen MR) is 96.0 cm³/mol. The molecule has 0 atom stereocenters. The van der Waals surface area contributed by atoms with Gasteiger partial charge in [0.25, 0.3) is 5.91 Å². The van der Waals surface area contributed by atoms with Crippen LogP contribution in [0.1, 0.15) is 40.5 Å². The van der Waals surface area contributed by atoms with Crippen molar-refractivity contribution < 1.29 is 14.4 Å². The average molecular weight is 337 g/mol. The van der Waals surface area contributed by atoms with Crippen LogP contribution in [0, 0.1) is 0 Å². The van der Waals surface area contributed by atoms with E-state index in [1.54, 1.807) is 48.5 Å². The fourth-order valence-corrected chi connectivity index (χ4v) is 2.31. The predicted octanol–water partition coefficient (Wildman–Crippen LogP) is 3.43. The van der Waals surface area contributed by atoms with Gasteiger partial charge in [0.1, 0.15) is 0 Å². The van der Waals surface area contributed by atoms with Gasteiger partial charge in [-0.2, -0.15) is 0 Å². The summed E-state index contributed by atoms with van der Waals surface area (Å²) in [5.41, 5.74) is 2.20. The summed E-state index contributed by atoms with van der Waals surface area (Å²) in [7, 11) is 0. The van der Waals surface area contributed by atoms with E-state index in [2.05, 4.69) is 16.0 Å². The van der Waals surface area contributed by atoms with Crippen LogP contribution in [0.15, 0.2) is 48.5 Å². The van der Waals surface area contributed by atoms with Gasteiger partial charge in [-0.05, 0) is 56.2 Å². The first-order chi connectivity index (χ1) is 12.0. The van der Waals surface area contributed by atoms with E-state index < -0.39 is 6.03 Å². The third kappa shape index (κ3) is 4.67. The largest absolute Gasteiger partial charge is 0.349 e. The van der Waals surface area contributed by atoms with Gasteiger partial charge in [0, 0.05) is 28.5 Å². The Hall–Kier alpha value is -3.15. The number of carbonyl (C=O) groups is 3. The molecule has 25 heavy (non-hydrogen) atoms. The van der Waals surface area contributed by atoms with Crippen molar-refractivity contribution in [3.63, 3.8) is 0 Å². The van der Waals surface area contributed by atoms with Crippen LogP contribution in [0.2, 0.25) is 0 Å². The number of ketones is 1. The lowest BCUT2D eigenvalue weighted by Gasteiger charge is -2.09. The minimum Gasteiger partial charge on any atom is -0.349 e. The molecule has 1 aliphatic rings. The van der Waals surface area contributed by atoms with Crippen molar-refractivity contribution in [2.45, 2.75) is 25.8 Å². The highest BCUT2D eigenvalue weighted by molar-refractivity contribution is 6.02. The minimum absolute atomic E-state index is 0.0656. The van der Waals surface area contributed by atoms with Crippen LogP contribution < -0.4 is 16.0 Å². The maximum absolute atomic E-state index is 12.0. The summed E-state index contributed by atoms with van der Waals surface area (Å²) in [5, 5.41) is 8.28. The Morgan fingerprint density at radius 3 is 2.20 bits per heavy atom. The van der Waals surface area contributed by atoms with Gasteiger partial charge in [-0.25, -0.2) is 4.79 Å². The zero-order valence-electron chi connectivity index (χ0n) is 13.8. The third-order valence-electron chi connectivity index (χ3n) is 3.84. The summed E-state index contributed by atoms with van der Waals surface area (Å²) in [6.07, 6.45) is 2.08. The number of Topliss-reactive ketones (excluding diaryl/α,β-unsaturated/α-hetero) is 1. The number of carbonyl (C=O) groups excluding carboxylic acids is 3. The van der Waals surface area contributed by atoms with Crippen molar-refractivity contribution in [3.05, 3.63) is 59.7 Å². The molecule has 0 saturated heterocycles. The monoisotopic (exact) mass is 337 g/mol. The Kier molecular flexibility index (Phi) is 4.79. The highest BCUT2D eigenvalue weighted by Gasteiger charge is 2.23.